The summed E-state index contributed by atoms with van der Waals surface area (Å²) in [7, 11) is 2.16. The van der Waals surface area contributed by atoms with Crippen LogP contribution in [0, 0.1) is 17.3 Å². The smallest absolute Gasteiger partial charge is 0.219 e. The molecule has 1 saturated heterocycles. The molecule has 2 aliphatic rings. The maximum Gasteiger partial charge on any atom is 0.219 e. The number of hydrogen-bond acceptors (Lipinski definition) is 5. The Bertz CT molecular complexity index is 1750. The van der Waals surface area contributed by atoms with E-state index in [0.29, 0.717) is 19.4 Å². The zero-order valence-corrected chi connectivity index (χ0v) is 34.7. The number of ether oxygens (including phenoxy) is 1. The van der Waals surface area contributed by atoms with Crippen molar-refractivity contribution in [2.24, 2.45) is 27.2 Å². The van der Waals surface area contributed by atoms with Gasteiger partial charge in [-0.15, -0.1) is 6.58 Å². The van der Waals surface area contributed by atoms with E-state index in [1.54, 1.807) is 6.26 Å². The van der Waals surface area contributed by atoms with Crippen LogP contribution in [0.3, 0.4) is 0 Å². The normalized spacial score (nSPS) is 18.2. The molecule has 1 aromatic carbocycles. The Morgan fingerprint density at radius 3 is 2.55 bits per heavy atom. The number of aryl methyl sites for hydroxylation is 1. The molecule has 0 N–H and O–H groups in total. The maximum absolute atomic E-state index is 5.80. The van der Waals surface area contributed by atoms with E-state index in [1.165, 1.54) is 47.0 Å². The highest BCUT2D eigenvalue weighted by Gasteiger charge is 2.27. The molecule has 6 nitrogen and oxygen atoms in total. The summed E-state index contributed by atoms with van der Waals surface area (Å²) in [6, 6.07) is 6.90. The molecular weight excluding hydrogens is 649 g/mol. The van der Waals surface area contributed by atoms with Crippen LogP contribution < -0.4 is 0 Å². The second-order valence-electron chi connectivity index (χ2n) is 16.3. The predicted molar refractivity (Wildman–Crippen MR) is 234 cm³/mol. The van der Waals surface area contributed by atoms with Gasteiger partial charge >= 0.3 is 0 Å². The lowest BCUT2D eigenvalue weighted by Crippen LogP contribution is -2.35. The number of fused-ring (bicyclic) bond motifs is 1. The number of hydrogen-bond donors (Lipinski definition) is 0. The van der Waals surface area contributed by atoms with Gasteiger partial charge in [0.2, 0.25) is 6.85 Å². The molecule has 0 spiro atoms. The minimum atomic E-state index is -0.126. The highest BCUT2D eigenvalue weighted by Crippen LogP contribution is 2.37. The molecule has 2 aliphatic heterocycles. The molecule has 286 valence electrons. The van der Waals surface area contributed by atoms with Gasteiger partial charge < -0.3 is 19.0 Å². The summed E-state index contributed by atoms with van der Waals surface area (Å²) in [4.78, 5) is 15.4. The number of allylic oxidation sites excluding steroid dienone is 3. The first kappa shape index (κ1) is 42.1. The Balaban J connectivity index is 1.79. The van der Waals surface area contributed by atoms with Crippen LogP contribution in [0.1, 0.15) is 91.0 Å². The SMILES string of the molecule is C=COCC(C)(C)Cc1c(/C=C(/N=CC(=C)C2=CCN(C)CC2)C(C)CC)n(CC)c2ccc(/C(=C/C)N=C(C)CC(C=C)CN3CCCB3C)cc12. The fourth-order valence-electron chi connectivity index (χ4n) is 7.78. The van der Waals surface area contributed by atoms with Crippen molar-refractivity contribution in [2.45, 2.75) is 100 Å². The quantitative estimate of drug-likeness (QED) is 0.0629. The number of likely N-dealkylation sites (N-methyl/N-ethyl adjacent to an activating group) is 1. The van der Waals surface area contributed by atoms with Crippen molar-refractivity contribution in [3.05, 3.63) is 96.1 Å². The van der Waals surface area contributed by atoms with Gasteiger partial charge in [0.1, 0.15) is 0 Å². The van der Waals surface area contributed by atoms with Crippen LogP contribution in [-0.4, -0.2) is 72.9 Å². The molecule has 3 heterocycles. The second-order valence-corrected chi connectivity index (χ2v) is 16.3. The summed E-state index contributed by atoms with van der Waals surface area (Å²) >= 11 is 0. The topological polar surface area (TPSA) is 45.4 Å². The zero-order valence-electron chi connectivity index (χ0n) is 34.7. The van der Waals surface area contributed by atoms with Crippen LogP contribution in [0.2, 0.25) is 13.1 Å². The Hall–Kier alpha value is -3.68. The molecule has 53 heavy (non-hydrogen) atoms. The van der Waals surface area contributed by atoms with Crippen molar-refractivity contribution in [1.82, 2.24) is 14.3 Å². The molecule has 1 fully saturated rings. The third-order valence-electron chi connectivity index (χ3n) is 11.3. The first-order valence-corrected chi connectivity index (χ1v) is 20.1. The van der Waals surface area contributed by atoms with Crippen molar-refractivity contribution in [3.63, 3.8) is 0 Å². The Morgan fingerprint density at radius 1 is 1.17 bits per heavy atom. The van der Waals surface area contributed by atoms with Gasteiger partial charge in [-0.3, -0.25) is 9.98 Å². The molecule has 2 atom stereocenters. The van der Waals surface area contributed by atoms with Crippen molar-refractivity contribution in [1.29, 1.82) is 0 Å². The lowest BCUT2D eigenvalue weighted by Gasteiger charge is -2.24. The average molecular weight is 718 g/mol. The van der Waals surface area contributed by atoms with Crippen LogP contribution >= 0.6 is 0 Å². The summed E-state index contributed by atoms with van der Waals surface area (Å²) in [6.45, 7) is 36.7. The van der Waals surface area contributed by atoms with Gasteiger partial charge in [0.05, 0.1) is 18.6 Å². The standard InChI is InChI=1S/C46H68BN5O/c1-13-34(6)43(48-31-35(7)38-21-25-50(12)26-22-38)29-45-41(30-46(9,10)33-53-17-5)40-28-39(19-20-44(40)52(45)16-4)42(15-3)49-36(8)27-37(14-2)32-51-24-18-23-47(51)11/h14-15,17,19-21,28-29,31,34,37H,2,5,7,13,16,18,22-27,30,32-33H2,1,3-4,6,8-12H3/b42-15-,43-29+,48-31?,49-36?. The van der Waals surface area contributed by atoms with Gasteiger partial charge in [-0.1, -0.05) is 78.3 Å². The summed E-state index contributed by atoms with van der Waals surface area (Å²) in [5.74, 6) is 0.675. The van der Waals surface area contributed by atoms with Crippen molar-refractivity contribution in [3.8, 4) is 0 Å². The molecule has 2 aromatic rings. The van der Waals surface area contributed by atoms with Gasteiger partial charge in [-0.05, 0) is 120 Å². The second kappa shape index (κ2) is 19.6. The molecule has 2 unspecified atom stereocenters. The Labute approximate surface area is 323 Å². The van der Waals surface area contributed by atoms with E-state index >= 15 is 0 Å². The maximum atomic E-state index is 5.80. The highest BCUT2D eigenvalue weighted by atomic mass is 16.5. The summed E-state index contributed by atoms with van der Waals surface area (Å²) in [6.07, 6.45) is 18.8. The van der Waals surface area contributed by atoms with Crippen LogP contribution in [0.4, 0.5) is 0 Å². The molecule has 4 rings (SSSR count). The molecule has 0 bridgehead atoms. The number of aromatic nitrogens is 1. The lowest BCUT2D eigenvalue weighted by atomic mass is 9.62. The van der Waals surface area contributed by atoms with Crippen LogP contribution in [0.5, 0.6) is 0 Å². The summed E-state index contributed by atoms with van der Waals surface area (Å²) in [5.41, 5.74) is 10.3. The largest absolute Gasteiger partial charge is 0.501 e. The molecule has 1 aromatic heterocycles. The number of rotatable bonds is 19. The summed E-state index contributed by atoms with van der Waals surface area (Å²) in [5, 5.41) is 1.26. The van der Waals surface area contributed by atoms with E-state index < -0.39 is 0 Å². The fourth-order valence-corrected chi connectivity index (χ4v) is 7.78. The van der Waals surface area contributed by atoms with Gasteiger partial charge in [0, 0.05) is 64.8 Å². The van der Waals surface area contributed by atoms with Crippen LogP contribution in [0.25, 0.3) is 22.7 Å². The number of nitrogens with zero attached hydrogens (tertiary/aromatic N) is 5. The summed E-state index contributed by atoms with van der Waals surface area (Å²) < 4.78 is 8.26. The van der Waals surface area contributed by atoms with Crippen molar-refractivity contribution >= 4 is 41.4 Å². The van der Waals surface area contributed by atoms with E-state index in [-0.39, 0.29) is 11.3 Å². The first-order valence-electron chi connectivity index (χ1n) is 20.1. The third kappa shape index (κ3) is 11.2. The monoisotopic (exact) mass is 718 g/mol. The van der Waals surface area contributed by atoms with E-state index in [2.05, 4.69) is 139 Å². The van der Waals surface area contributed by atoms with E-state index in [4.69, 9.17) is 14.7 Å². The number of benzene rings is 1. The van der Waals surface area contributed by atoms with E-state index in [9.17, 15) is 0 Å². The molecule has 0 amide bonds. The third-order valence-corrected chi connectivity index (χ3v) is 11.3. The predicted octanol–water partition coefficient (Wildman–Crippen LogP) is 11.0. The first-order chi connectivity index (χ1) is 25.3. The van der Waals surface area contributed by atoms with Gasteiger partial charge in [-0.25, -0.2) is 0 Å². The highest BCUT2D eigenvalue weighted by molar-refractivity contribution is 6.55. The van der Waals surface area contributed by atoms with E-state index in [1.807, 2.05) is 6.21 Å². The van der Waals surface area contributed by atoms with E-state index in [0.717, 1.165) is 80.1 Å². The molecule has 0 radical (unpaired) electrons. The zero-order chi connectivity index (χ0) is 38.7. The number of aliphatic imine (C=N–C) groups is 2. The molecule has 0 saturated carbocycles. The Morgan fingerprint density at radius 2 is 1.94 bits per heavy atom. The minimum Gasteiger partial charge on any atom is -0.501 e. The van der Waals surface area contributed by atoms with Crippen molar-refractivity contribution < 1.29 is 4.74 Å². The molecule has 7 heteroatoms. The fraction of sp³-hybridized carbons (Fsp3) is 0.522. The minimum absolute atomic E-state index is 0.126. The molecular formula is C46H68BN5O. The van der Waals surface area contributed by atoms with Crippen LogP contribution in [-0.2, 0) is 17.7 Å². The molecule has 0 aliphatic carbocycles. The van der Waals surface area contributed by atoms with Crippen molar-refractivity contribution in [2.75, 3.05) is 39.8 Å². The Kier molecular flexibility index (Phi) is 15.6. The van der Waals surface area contributed by atoms with Crippen LogP contribution in [0.15, 0.2) is 89.3 Å². The van der Waals surface area contributed by atoms with Gasteiger partial charge in [0.15, 0.2) is 0 Å². The average Bonchev–Trinajstić information content (AvgIpc) is 3.68. The van der Waals surface area contributed by atoms with Gasteiger partial charge in [0.25, 0.3) is 0 Å². The lowest BCUT2D eigenvalue weighted by molar-refractivity contribution is 0.138. The van der Waals surface area contributed by atoms with Gasteiger partial charge in [-0.2, -0.15) is 0 Å².